The minimum absolute atomic E-state index is 0.000743. The molecule has 0 spiro atoms. The zero-order valence-electron chi connectivity index (χ0n) is 11.7. The van der Waals surface area contributed by atoms with E-state index in [2.05, 4.69) is 4.74 Å². The summed E-state index contributed by atoms with van der Waals surface area (Å²) < 4.78 is 118. The highest BCUT2D eigenvalue weighted by atomic mass is 19.4. The molecule has 0 atom stereocenters. The summed E-state index contributed by atoms with van der Waals surface area (Å²) in [6, 6.07) is 5.96. The van der Waals surface area contributed by atoms with Crippen molar-refractivity contribution in [1.29, 1.82) is 0 Å². The molecule has 1 N–H and O–H groups in total. The van der Waals surface area contributed by atoms with Gasteiger partial charge in [-0.25, -0.2) is 0 Å². The van der Waals surface area contributed by atoms with E-state index in [1.165, 1.54) is 12.1 Å². The molecule has 11 heteroatoms. The van der Waals surface area contributed by atoms with Gasteiger partial charge in [-0.2, -0.15) is 39.5 Å². The normalized spacial score (nSPS) is 14.0. The molecule has 0 radical (unpaired) electrons. The molecule has 25 heavy (non-hydrogen) atoms. The molecule has 2 rings (SSSR count). The molecule has 0 aliphatic rings. The Labute approximate surface area is 133 Å². The van der Waals surface area contributed by atoms with Gasteiger partial charge < -0.3 is 9.84 Å². The number of phenolic OH excluding ortho intramolecular Hbond substituents is 1. The quantitative estimate of drug-likeness (QED) is 0.727. The van der Waals surface area contributed by atoms with Gasteiger partial charge in [-0.05, 0) is 35.0 Å². The third-order valence-electron chi connectivity index (χ3n) is 3.16. The summed E-state index contributed by atoms with van der Waals surface area (Å²) in [5.41, 5.74) is 0. The van der Waals surface area contributed by atoms with E-state index in [1.54, 1.807) is 0 Å². The largest absolute Gasteiger partial charge is 0.508 e. The number of halogens is 9. The molecular weight excluding hydrogens is 371 g/mol. The summed E-state index contributed by atoms with van der Waals surface area (Å²) in [5.74, 6) is -15.3. The van der Waals surface area contributed by atoms with Gasteiger partial charge in [0.2, 0.25) is 0 Å². The second-order valence-electron chi connectivity index (χ2n) is 4.96. The van der Waals surface area contributed by atoms with Crippen molar-refractivity contribution in [1.82, 2.24) is 0 Å². The highest BCUT2D eigenvalue weighted by molar-refractivity contribution is 5.85. The van der Waals surface area contributed by atoms with E-state index in [0.717, 1.165) is 12.1 Å². The first-order valence-electron chi connectivity index (χ1n) is 6.31. The van der Waals surface area contributed by atoms with Crippen molar-refractivity contribution in [2.45, 2.75) is 24.1 Å². The zero-order chi connectivity index (χ0) is 19.3. The number of rotatable bonds is 4. The summed E-state index contributed by atoms with van der Waals surface area (Å²) in [7, 11) is 0. The molecule has 0 unspecified atom stereocenters. The molecule has 138 valence electrons. The number of ether oxygens (including phenoxy) is 1. The molecule has 0 saturated carbocycles. The first-order chi connectivity index (χ1) is 11.2. The van der Waals surface area contributed by atoms with Crippen LogP contribution in [0, 0.1) is 0 Å². The van der Waals surface area contributed by atoms with E-state index in [9.17, 15) is 44.6 Å². The van der Waals surface area contributed by atoms with Gasteiger partial charge in [0.15, 0.2) is 0 Å². The number of alkyl halides is 9. The van der Waals surface area contributed by atoms with E-state index >= 15 is 0 Å². The topological polar surface area (TPSA) is 29.5 Å². The molecule has 2 nitrogen and oxygen atoms in total. The third-order valence-corrected chi connectivity index (χ3v) is 3.16. The van der Waals surface area contributed by atoms with E-state index in [4.69, 9.17) is 0 Å². The highest BCUT2D eigenvalue weighted by Gasteiger charge is 2.83. The van der Waals surface area contributed by atoms with Crippen LogP contribution in [-0.4, -0.2) is 29.2 Å². The van der Waals surface area contributed by atoms with Crippen LogP contribution >= 0.6 is 0 Å². The molecular formula is C14H7F9O2. The van der Waals surface area contributed by atoms with Gasteiger partial charge in [0.25, 0.3) is 0 Å². The molecule has 0 aromatic heterocycles. The van der Waals surface area contributed by atoms with Crippen molar-refractivity contribution in [3.63, 3.8) is 0 Å². The molecule has 2 aromatic carbocycles. The van der Waals surface area contributed by atoms with Gasteiger partial charge >= 0.3 is 24.1 Å². The van der Waals surface area contributed by atoms with Crippen molar-refractivity contribution in [3.8, 4) is 11.5 Å². The van der Waals surface area contributed by atoms with Crippen LogP contribution in [0.3, 0.4) is 0 Å². The van der Waals surface area contributed by atoms with Crippen LogP contribution in [0.2, 0.25) is 0 Å². The number of fused-ring (bicyclic) bond motifs is 1. The molecule has 0 fully saturated rings. The predicted octanol–water partition coefficient (Wildman–Crippen LogP) is 5.35. The summed E-state index contributed by atoms with van der Waals surface area (Å²) in [6.07, 6.45) is -13.1. The van der Waals surface area contributed by atoms with Crippen molar-refractivity contribution in [2.24, 2.45) is 0 Å². The van der Waals surface area contributed by atoms with Gasteiger partial charge in [-0.15, -0.1) is 0 Å². The average Bonchev–Trinajstić information content (AvgIpc) is 2.44. The van der Waals surface area contributed by atoms with E-state index in [0.29, 0.717) is 17.5 Å². The SMILES string of the molecule is Oc1ccc2ccc(OC(F)(F)C(F)(F)C(F)(F)C(F)(F)F)cc2c1. The fourth-order valence-electron chi connectivity index (χ4n) is 1.85. The van der Waals surface area contributed by atoms with Gasteiger partial charge in [0.1, 0.15) is 11.5 Å². The first-order valence-corrected chi connectivity index (χ1v) is 6.31. The third kappa shape index (κ3) is 3.14. The molecule has 0 saturated heterocycles. The zero-order valence-corrected chi connectivity index (χ0v) is 11.7. The van der Waals surface area contributed by atoms with Gasteiger partial charge in [-0.1, -0.05) is 12.1 Å². The molecule has 0 bridgehead atoms. The Morgan fingerprint density at radius 3 is 1.80 bits per heavy atom. The maximum Gasteiger partial charge on any atom is 0.471 e. The predicted molar refractivity (Wildman–Crippen MR) is 67.1 cm³/mol. The van der Waals surface area contributed by atoms with Crippen LogP contribution in [-0.2, 0) is 0 Å². The van der Waals surface area contributed by atoms with Crippen LogP contribution in [0.1, 0.15) is 0 Å². The number of hydrogen-bond donors (Lipinski definition) is 1. The fourth-order valence-corrected chi connectivity index (χ4v) is 1.85. The smallest absolute Gasteiger partial charge is 0.471 e. The minimum Gasteiger partial charge on any atom is -0.508 e. The van der Waals surface area contributed by atoms with Crippen molar-refractivity contribution >= 4 is 10.8 Å². The first kappa shape index (κ1) is 19.0. The second-order valence-corrected chi connectivity index (χ2v) is 4.96. The fraction of sp³-hybridized carbons (Fsp3) is 0.286. The number of aromatic hydroxyl groups is 1. The average molecular weight is 378 g/mol. The lowest BCUT2D eigenvalue weighted by Crippen LogP contribution is -2.62. The number of phenols is 1. The maximum absolute atomic E-state index is 13.4. The highest BCUT2D eigenvalue weighted by Crippen LogP contribution is 2.53. The summed E-state index contributed by atoms with van der Waals surface area (Å²) in [6.45, 7) is 0. The lowest BCUT2D eigenvalue weighted by Gasteiger charge is -2.33. The number of hydrogen-bond acceptors (Lipinski definition) is 2. The monoisotopic (exact) mass is 378 g/mol. The summed E-state index contributed by atoms with van der Waals surface area (Å²) >= 11 is 0. The molecule has 0 heterocycles. The Kier molecular flexibility index (Phi) is 4.25. The maximum atomic E-state index is 13.4. The molecule has 0 aliphatic carbocycles. The van der Waals surface area contributed by atoms with E-state index in [-0.39, 0.29) is 11.1 Å². The van der Waals surface area contributed by atoms with Crippen molar-refractivity contribution < 1.29 is 49.4 Å². The Bertz CT molecular complexity index is 783. The van der Waals surface area contributed by atoms with E-state index < -0.39 is 29.9 Å². The minimum atomic E-state index is -7.03. The second kappa shape index (κ2) is 5.60. The Hall–Kier alpha value is -2.33. The number of benzene rings is 2. The molecule has 0 amide bonds. The Morgan fingerprint density at radius 2 is 1.24 bits per heavy atom. The van der Waals surface area contributed by atoms with E-state index in [1.807, 2.05) is 0 Å². The van der Waals surface area contributed by atoms with Crippen LogP contribution in [0.15, 0.2) is 36.4 Å². The van der Waals surface area contributed by atoms with Gasteiger partial charge in [-0.3, -0.25) is 0 Å². The lowest BCUT2D eigenvalue weighted by molar-refractivity contribution is -0.428. The van der Waals surface area contributed by atoms with Crippen LogP contribution in [0.4, 0.5) is 39.5 Å². The van der Waals surface area contributed by atoms with Gasteiger partial charge in [0, 0.05) is 0 Å². The van der Waals surface area contributed by atoms with Crippen molar-refractivity contribution in [3.05, 3.63) is 36.4 Å². The lowest BCUT2D eigenvalue weighted by atomic mass is 10.1. The molecule has 2 aromatic rings. The van der Waals surface area contributed by atoms with Crippen molar-refractivity contribution in [2.75, 3.05) is 0 Å². The summed E-state index contributed by atoms with van der Waals surface area (Å²) in [5, 5.41) is 9.58. The van der Waals surface area contributed by atoms with Crippen LogP contribution in [0.5, 0.6) is 11.5 Å². The van der Waals surface area contributed by atoms with Gasteiger partial charge in [0.05, 0.1) is 0 Å². The summed E-state index contributed by atoms with van der Waals surface area (Å²) in [4.78, 5) is 0. The Balaban J connectivity index is 2.40. The van der Waals surface area contributed by atoms with Crippen LogP contribution in [0.25, 0.3) is 10.8 Å². The molecule has 0 aliphatic heterocycles. The standard InChI is InChI=1S/C14H7F9O2/c15-11(16,13(19,20)21)12(17,18)14(22,23)25-10-4-2-7-1-3-9(24)5-8(7)6-10/h1-6,24H. The Morgan fingerprint density at radius 1 is 0.680 bits per heavy atom. The van der Waals surface area contributed by atoms with Crippen LogP contribution < -0.4 is 4.74 Å².